The van der Waals surface area contributed by atoms with Gasteiger partial charge in [0.2, 0.25) is 0 Å². The van der Waals surface area contributed by atoms with Crippen molar-refractivity contribution in [3.8, 4) is 11.3 Å². The minimum atomic E-state index is -0.272. The van der Waals surface area contributed by atoms with Crippen molar-refractivity contribution in [1.29, 1.82) is 0 Å². The summed E-state index contributed by atoms with van der Waals surface area (Å²) in [6.07, 6.45) is 1.79. The van der Waals surface area contributed by atoms with Gasteiger partial charge in [0.25, 0.3) is 5.91 Å². The Hall–Kier alpha value is -2.66. The Balaban J connectivity index is 1.57. The second-order valence-electron chi connectivity index (χ2n) is 6.38. The number of nitrogens with one attached hydrogen (secondary N) is 1. The largest absolute Gasteiger partial charge is 0.330 e. The third-order valence-corrected chi connectivity index (χ3v) is 4.97. The predicted octanol–water partition coefficient (Wildman–Crippen LogP) is 4.85. The summed E-state index contributed by atoms with van der Waals surface area (Å²) in [5, 5.41) is 7.75. The lowest BCUT2D eigenvalue weighted by molar-refractivity contribution is 0.0729. The Bertz CT molecular complexity index is 921. The molecule has 0 spiro atoms. The van der Waals surface area contributed by atoms with Crippen LogP contribution in [0.2, 0.25) is 5.02 Å². The molecule has 0 radical (unpaired) electrons. The summed E-state index contributed by atoms with van der Waals surface area (Å²) in [5.74, 6) is -0.365. The monoisotopic (exact) mass is 369 g/mol. The van der Waals surface area contributed by atoms with Gasteiger partial charge in [-0.05, 0) is 48.7 Å². The van der Waals surface area contributed by atoms with Gasteiger partial charge in [0.1, 0.15) is 11.5 Å². The van der Waals surface area contributed by atoms with Crippen LogP contribution < -0.4 is 0 Å². The number of carbonyl (C=O) groups excluding carboxylic acids is 1. The molecular weight excluding hydrogens is 353 g/mol. The molecule has 0 bridgehead atoms. The van der Waals surface area contributed by atoms with Crippen LogP contribution in [0.5, 0.6) is 0 Å². The number of carbonyl (C=O) groups is 1. The predicted molar refractivity (Wildman–Crippen MR) is 98.4 cm³/mol. The van der Waals surface area contributed by atoms with Crippen LogP contribution in [0, 0.1) is 5.82 Å². The van der Waals surface area contributed by atoms with Crippen LogP contribution in [0.1, 0.15) is 34.9 Å². The van der Waals surface area contributed by atoms with Crippen LogP contribution in [0.3, 0.4) is 0 Å². The van der Waals surface area contributed by atoms with Gasteiger partial charge in [0.15, 0.2) is 0 Å². The van der Waals surface area contributed by atoms with Crippen LogP contribution in [-0.4, -0.2) is 27.5 Å². The van der Waals surface area contributed by atoms with Crippen molar-refractivity contribution in [2.75, 3.05) is 6.54 Å². The summed E-state index contributed by atoms with van der Waals surface area (Å²) in [5.41, 5.74) is 2.99. The standard InChI is InChI=1S/C20H17ClFN3O/c21-15-7-3-13(4-8-15)17-12-18(24-23-17)20(26)25-11-1-2-19(25)14-5-9-16(22)10-6-14/h3-10,12,19H,1-2,11H2,(H,23,24)/t19-/m0/s1. The molecule has 0 aliphatic carbocycles. The molecule has 26 heavy (non-hydrogen) atoms. The minimum absolute atomic E-state index is 0.0367. The van der Waals surface area contributed by atoms with Gasteiger partial charge in [-0.15, -0.1) is 0 Å². The second kappa shape index (κ2) is 6.92. The maximum atomic E-state index is 13.2. The fourth-order valence-corrected chi connectivity index (χ4v) is 3.52. The SMILES string of the molecule is O=C(c1cc(-c2ccc(Cl)cc2)n[nH]1)N1CCC[C@H]1c1ccc(F)cc1. The number of H-pyrrole nitrogens is 1. The van der Waals surface area contributed by atoms with Gasteiger partial charge < -0.3 is 4.90 Å². The lowest BCUT2D eigenvalue weighted by Crippen LogP contribution is -2.30. The second-order valence-corrected chi connectivity index (χ2v) is 6.82. The molecule has 0 saturated carbocycles. The Morgan fingerprint density at radius 2 is 1.88 bits per heavy atom. The first kappa shape index (κ1) is 16.8. The first-order valence-corrected chi connectivity index (χ1v) is 8.87. The summed E-state index contributed by atoms with van der Waals surface area (Å²) in [6.45, 7) is 0.677. The zero-order valence-electron chi connectivity index (χ0n) is 14.0. The zero-order chi connectivity index (χ0) is 18.1. The fraction of sp³-hybridized carbons (Fsp3) is 0.200. The van der Waals surface area contributed by atoms with Crippen LogP contribution in [-0.2, 0) is 0 Å². The highest BCUT2D eigenvalue weighted by Gasteiger charge is 2.31. The van der Waals surface area contributed by atoms with E-state index in [1.807, 2.05) is 17.0 Å². The van der Waals surface area contributed by atoms with E-state index in [0.717, 1.165) is 24.0 Å². The zero-order valence-corrected chi connectivity index (χ0v) is 14.7. The summed E-state index contributed by atoms with van der Waals surface area (Å²) >= 11 is 5.91. The van der Waals surface area contributed by atoms with Gasteiger partial charge in [-0.25, -0.2) is 4.39 Å². The molecule has 4 nitrogen and oxygen atoms in total. The van der Waals surface area contributed by atoms with Crippen LogP contribution >= 0.6 is 11.6 Å². The molecule has 2 heterocycles. The molecule has 1 saturated heterocycles. The molecule has 1 atom stereocenters. The molecule has 1 aliphatic rings. The van der Waals surface area contributed by atoms with Crippen LogP contribution in [0.15, 0.2) is 54.6 Å². The van der Waals surface area contributed by atoms with Crippen molar-refractivity contribution >= 4 is 17.5 Å². The molecule has 0 unspecified atom stereocenters. The molecule has 1 aromatic heterocycles. The first-order chi connectivity index (χ1) is 12.6. The average molecular weight is 370 g/mol. The number of amides is 1. The van der Waals surface area contributed by atoms with E-state index in [9.17, 15) is 9.18 Å². The number of hydrogen-bond acceptors (Lipinski definition) is 2. The first-order valence-electron chi connectivity index (χ1n) is 8.49. The van der Waals surface area contributed by atoms with Crippen molar-refractivity contribution in [2.24, 2.45) is 0 Å². The highest BCUT2D eigenvalue weighted by molar-refractivity contribution is 6.30. The number of hydrogen-bond donors (Lipinski definition) is 1. The van der Waals surface area contributed by atoms with Crippen molar-refractivity contribution in [2.45, 2.75) is 18.9 Å². The number of rotatable bonds is 3. The molecule has 132 valence electrons. The molecule has 1 N–H and O–H groups in total. The molecule has 1 fully saturated rings. The smallest absolute Gasteiger partial charge is 0.272 e. The van der Waals surface area contributed by atoms with Crippen molar-refractivity contribution in [1.82, 2.24) is 15.1 Å². The number of aromatic amines is 1. The summed E-state index contributed by atoms with van der Waals surface area (Å²) in [4.78, 5) is 14.8. The third-order valence-electron chi connectivity index (χ3n) is 4.72. The van der Waals surface area contributed by atoms with E-state index >= 15 is 0 Å². The van der Waals surface area contributed by atoms with Gasteiger partial charge in [-0.2, -0.15) is 5.10 Å². The van der Waals surface area contributed by atoms with Gasteiger partial charge in [0, 0.05) is 17.1 Å². The fourth-order valence-electron chi connectivity index (χ4n) is 3.40. The number of halogens is 2. The highest BCUT2D eigenvalue weighted by atomic mass is 35.5. The number of likely N-dealkylation sites (tertiary alicyclic amines) is 1. The minimum Gasteiger partial charge on any atom is -0.330 e. The van der Waals surface area contributed by atoms with Gasteiger partial charge in [0.05, 0.1) is 11.7 Å². The number of benzene rings is 2. The Morgan fingerprint density at radius 1 is 1.15 bits per heavy atom. The normalized spacial score (nSPS) is 16.8. The lowest BCUT2D eigenvalue weighted by Gasteiger charge is -2.24. The Labute approximate surface area is 155 Å². The Morgan fingerprint density at radius 3 is 2.62 bits per heavy atom. The summed E-state index contributed by atoms with van der Waals surface area (Å²) in [6, 6.07) is 15.4. The average Bonchev–Trinajstić information content (AvgIpc) is 3.32. The Kier molecular flexibility index (Phi) is 4.47. The highest BCUT2D eigenvalue weighted by Crippen LogP contribution is 2.33. The van der Waals surface area contributed by atoms with E-state index < -0.39 is 0 Å². The van der Waals surface area contributed by atoms with E-state index in [1.54, 1.807) is 30.3 Å². The van der Waals surface area contributed by atoms with Gasteiger partial charge >= 0.3 is 0 Å². The molecule has 1 aliphatic heterocycles. The maximum absolute atomic E-state index is 13.2. The van der Waals surface area contributed by atoms with E-state index in [2.05, 4.69) is 10.2 Å². The van der Waals surface area contributed by atoms with Gasteiger partial charge in [-0.1, -0.05) is 35.9 Å². The van der Waals surface area contributed by atoms with Crippen molar-refractivity contribution in [3.05, 3.63) is 76.7 Å². The van der Waals surface area contributed by atoms with E-state index in [-0.39, 0.29) is 17.8 Å². The van der Waals surface area contributed by atoms with Crippen LogP contribution in [0.4, 0.5) is 4.39 Å². The third kappa shape index (κ3) is 3.22. The number of nitrogens with zero attached hydrogens (tertiary/aromatic N) is 2. The lowest BCUT2D eigenvalue weighted by atomic mass is 10.0. The quantitative estimate of drug-likeness (QED) is 0.717. The van der Waals surface area contributed by atoms with E-state index in [0.29, 0.717) is 23.0 Å². The van der Waals surface area contributed by atoms with E-state index in [4.69, 9.17) is 11.6 Å². The molecule has 1 amide bonds. The summed E-state index contributed by atoms with van der Waals surface area (Å²) in [7, 11) is 0. The molecule has 3 aromatic rings. The van der Waals surface area contributed by atoms with Crippen LogP contribution in [0.25, 0.3) is 11.3 Å². The molecule has 6 heteroatoms. The van der Waals surface area contributed by atoms with Gasteiger partial charge in [-0.3, -0.25) is 9.89 Å². The molecule has 4 rings (SSSR count). The summed E-state index contributed by atoms with van der Waals surface area (Å²) < 4.78 is 13.2. The molecule has 2 aromatic carbocycles. The van der Waals surface area contributed by atoms with Crippen molar-refractivity contribution in [3.63, 3.8) is 0 Å². The topological polar surface area (TPSA) is 49.0 Å². The van der Waals surface area contributed by atoms with E-state index in [1.165, 1.54) is 12.1 Å². The maximum Gasteiger partial charge on any atom is 0.272 e. The number of aromatic nitrogens is 2. The molecular formula is C20H17ClFN3O. The van der Waals surface area contributed by atoms with Crippen molar-refractivity contribution < 1.29 is 9.18 Å².